The van der Waals surface area contributed by atoms with Crippen molar-refractivity contribution in [3.63, 3.8) is 0 Å². The van der Waals surface area contributed by atoms with Crippen LogP contribution in [0.15, 0.2) is 48.7 Å². The summed E-state index contributed by atoms with van der Waals surface area (Å²) in [6, 6.07) is 15.3. The maximum absolute atomic E-state index is 4.59. The predicted octanol–water partition coefficient (Wildman–Crippen LogP) is 4.44. The van der Waals surface area contributed by atoms with Gasteiger partial charge in [-0.2, -0.15) is 0 Å². The summed E-state index contributed by atoms with van der Waals surface area (Å²) in [4.78, 5) is 4.59. The average molecular weight is 280 g/mol. The van der Waals surface area contributed by atoms with Gasteiger partial charge in [0.2, 0.25) is 0 Å². The van der Waals surface area contributed by atoms with Gasteiger partial charge in [-0.05, 0) is 55.0 Å². The van der Waals surface area contributed by atoms with E-state index in [1.54, 1.807) is 0 Å². The molecule has 0 spiro atoms. The summed E-state index contributed by atoms with van der Waals surface area (Å²) in [7, 11) is 0. The third-order valence-electron chi connectivity index (χ3n) is 4.43. The molecule has 110 valence electrons. The van der Waals surface area contributed by atoms with Crippen LogP contribution >= 0.6 is 0 Å². The maximum atomic E-state index is 4.59. The Morgan fingerprint density at radius 2 is 1.95 bits per heavy atom. The number of hydrogen-bond donors (Lipinski definition) is 1. The Kier molecular flexibility index (Phi) is 4.66. The van der Waals surface area contributed by atoms with E-state index >= 15 is 0 Å². The number of nitrogens with one attached hydrogen (secondary N) is 1. The third kappa shape index (κ3) is 3.16. The smallest absolute Gasteiger partial charge is 0.0754 e. The second kappa shape index (κ2) is 6.86. The summed E-state index contributed by atoms with van der Waals surface area (Å²) in [5.74, 6) is 0.746. The van der Waals surface area contributed by atoms with Crippen LogP contribution in [-0.4, -0.2) is 11.5 Å². The molecule has 1 heterocycles. The Balaban J connectivity index is 1.96. The van der Waals surface area contributed by atoms with E-state index in [1.807, 2.05) is 12.3 Å². The van der Waals surface area contributed by atoms with Crippen molar-refractivity contribution in [2.24, 2.45) is 0 Å². The first kappa shape index (κ1) is 14.3. The topological polar surface area (TPSA) is 24.9 Å². The van der Waals surface area contributed by atoms with E-state index in [1.165, 1.54) is 30.4 Å². The molecule has 2 heteroatoms. The molecule has 21 heavy (non-hydrogen) atoms. The van der Waals surface area contributed by atoms with Gasteiger partial charge in [0.05, 0.1) is 11.7 Å². The van der Waals surface area contributed by atoms with E-state index in [2.05, 4.69) is 53.6 Å². The minimum atomic E-state index is 0.211. The van der Waals surface area contributed by atoms with Gasteiger partial charge >= 0.3 is 0 Å². The Morgan fingerprint density at radius 1 is 1.14 bits per heavy atom. The molecule has 0 saturated heterocycles. The molecule has 1 fully saturated rings. The van der Waals surface area contributed by atoms with Gasteiger partial charge in [0, 0.05) is 6.20 Å². The average Bonchev–Trinajstić information content (AvgIpc) is 2.48. The highest BCUT2D eigenvalue weighted by molar-refractivity contribution is 5.38. The molecule has 1 unspecified atom stereocenters. The molecule has 1 aromatic heterocycles. The van der Waals surface area contributed by atoms with Crippen LogP contribution in [0, 0.1) is 0 Å². The highest BCUT2D eigenvalue weighted by Gasteiger charge is 2.25. The van der Waals surface area contributed by atoms with Gasteiger partial charge in [0.25, 0.3) is 0 Å². The van der Waals surface area contributed by atoms with E-state index in [9.17, 15) is 0 Å². The third-order valence-corrected chi connectivity index (χ3v) is 4.43. The molecule has 1 aromatic carbocycles. The molecule has 1 saturated carbocycles. The van der Waals surface area contributed by atoms with E-state index in [0.29, 0.717) is 0 Å². The zero-order valence-electron chi connectivity index (χ0n) is 12.8. The van der Waals surface area contributed by atoms with Gasteiger partial charge in [0.15, 0.2) is 0 Å². The predicted molar refractivity (Wildman–Crippen MR) is 87.4 cm³/mol. The number of benzene rings is 1. The standard InChI is InChI=1S/C19H24N2/c1-2-13-21-19(18-12-5-6-14-20-18)17-11-4-3-10-16(17)15-8-7-9-15/h3-6,10-12,14-15,19,21H,2,7-9,13H2,1H3. The monoisotopic (exact) mass is 280 g/mol. The van der Waals surface area contributed by atoms with Gasteiger partial charge in [-0.3, -0.25) is 4.98 Å². The van der Waals surface area contributed by atoms with Crippen molar-refractivity contribution in [3.05, 3.63) is 65.5 Å². The lowest BCUT2D eigenvalue weighted by molar-refractivity contribution is 0.413. The van der Waals surface area contributed by atoms with Crippen LogP contribution in [0.4, 0.5) is 0 Å². The first-order valence-electron chi connectivity index (χ1n) is 8.13. The Labute approximate surface area is 127 Å². The first-order chi connectivity index (χ1) is 10.4. The second-order valence-electron chi connectivity index (χ2n) is 5.90. The molecular formula is C19H24N2. The molecule has 2 nitrogen and oxygen atoms in total. The van der Waals surface area contributed by atoms with Crippen LogP contribution in [0.3, 0.4) is 0 Å². The molecule has 0 aliphatic heterocycles. The lowest BCUT2D eigenvalue weighted by Crippen LogP contribution is -2.26. The largest absolute Gasteiger partial charge is 0.305 e. The molecule has 0 bridgehead atoms. The quantitative estimate of drug-likeness (QED) is 0.846. The molecule has 1 atom stereocenters. The summed E-state index contributed by atoms with van der Waals surface area (Å²) in [6.07, 6.45) is 7.06. The highest BCUT2D eigenvalue weighted by Crippen LogP contribution is 2.40. The normalized spacial score (nSPS) is 16.4. The fraction of sp³-hybridized carbons (Fsp3) is 0.421. The number of nitrogens with zero attached hydrogens (tertiary/aromatic N) is 1. The van der Waals surface area contributed by atoms with Crippen molar-refractivity contribution in [1.29, 1.82) is 0 Å². The molecule has 2 aromatic rings. The maximum Gasteiger partial charge on any atom is 0.0754 e. The first-order valence-corrected chi connectivity index (χ1v) is 8.13. The zero-order valence-corrected chi connectivity index (χ0v) is 12.8. The van der Waals surface area contributed by atoms with E-state index < -0.39 is 0 Å². The Morgan fingerprint density at radius 3 is 2.62 bits per heavy atom. The lowest BCUT2D eigenvalue weighted by atomic mass is 9.77. The lowest BCUT2D eigenvalue weighted by Gasteiger charge is -2.30. The van der Waals surface area contributed by atoms with E-state index in [4.69, 9.17) is 0 Å². The van der Waals surface area contributed by atoms with Crippen LogP contribution < -0.4 is 5.32 Å². The minimum absolute atomic E-state index is 0.211. The van der Waals surface area contributed by atoms with Gasteiger partial charge < -0.3 is 5.32 Å². The minimum Gasteiger partial charge on any atom is -0.305 e. The van der Waals surface area contributed by atoms with Gasteiger partial charge in [-0.25, -0.2) is 0 Å². The van der Waals surface area contributed by atoms with Crippen molar-refractivity contribution < 1.29 is 0 Å². The summed E-state index contributed by atoms with van der Waals surface area (Å²) in [6.45, 7) is 3.22. The van der Waals surface area contributed by atoms with Crippen LogP contribution in [0.1, 0.15) is 61.4 Å². The van der Waals surface area contributed by atoms with Crippen molar-refractivity contribution in [1.82, 2.24) is 10.3 Å². The van der Waals surface area contributed by atoms with Crippen LogP contribution in [-0.2, 0) is 0 Å². The molecule has 0 radical (unpaired) electrons. The Hall–Kier alpha value is -1.67. The molecule has 1 aliphatic rings. The van der Waals surface area contributed by atoms with Crippen molar-refractivity contribution >= 4 is 0 Å². The van der Waals surface area contributed by atoms with Crippen LogP contribution in [0.5, 0.6) is 0 Å². The van der Waals surface area contributed by atoms with Crippen LogP contribution in [0.2, 0.25) is 0 Å². The molecule has 1 aliphatic carbocycles. The highest BCUT2D eigenvalue weighted by atomic mass is 14.9. The van der Waals surface area contributed by atoms with Crippen molar-refractivity contribution in [3.8, 4) is 0 Å². The van der Waals surface area contributed by atoms with Crippen molar-refractivity contribution in [2.75, 3.05) is 6.54 Å². The summed E-state index contributed by atoms with van der Waals surface area (Å²) in [5.41, 5.74) is 4.05. The summed E-state index contributed by atoms with van der Waals surface area (Å²) >= 11 is 0. The SMILES string of the molecule is CCCNC(c1ccccn1)c1ccccc1C1CCC1. The number of hydrogen-bond acceptors (Lipinski definition) is 2. The number of rotatable bonds is 6. The fourth-order valence-corrected chi connectivity index (χ4v) is 3.07. The summed E-state index contributed by atoms with van der Waals surface area (Å²) in [5, 5.41) is 3.68. The molecular weight excluding hydrogens is 256 g/mol. The Bertz CT molecular complexity index is 561. The van der Waals surface area contributed by atoms with Gasteiger partial charge in [-0.1, -0.05) is 43.7 Å². The van der Waals surface area contributed by atoms with E-state index in [0.717, 1.165) is 24.6 Å². The second-order valence-corrected chi connectivity index (χ2v) is 5.90. The van der Waals surface area contributed by atoms with Gasteiger partial charge in [-0.15, -0.1) is 0 Å². The number of aromatic nitrogens is 1. The fourth-order valence-electron chi connectivity index (χ4n) is 3.07. The van der Waals surface area contributed by atoms with Crippen LogP contribution in [0.25, 0.3) is 0 Å². The molecule has 1 N–H and O–H groups in total. The van der Waals surface area contributed by atoms with Crippen molar-refractivity contribution in [2.45, 2.75) is 44.6 Å². The van der Waals surface area contributed by atoms with E-state index in [-0.39, 0.29) is 6.04 Å². The van der Waals surface area contributed by atoms with Gasteiger partial charge in [0.1, 0.15) is 0 Å². The summed E-state index contributed by atoms with van der Waals surface area (Å²) < 4.78 is 0. The molecule has 0 amide bonds. The zero-order chi connectivity index (χ0) is 14.5. The molecule has 3 rings (SSSR count). The number of pyridine rings is 1.